The van der Waals surface area contributed by atoms with Crippen molar-refractivity contribution in [2.75, 3.05) is 19.5 Å². The summed E-state index contributed by atoms with van der Waals surface area (Å²) in [5.41, 5.74) is 5.01. The van der Waals surface area contributed by atoms with Crippen molar-refractivity contribution in [1.29, 1.82) is 0 Å². The molecule has 1 amide bonds. The molecule has 5 heteroatoms. The van der Waals surface area contributed by atoms with Crippen molar-refractivity contribution in [3.63, 3.8) is 0 Å². The first-order valence-corrected chi connectivity index (χ1v) is 8.19. The van der Waals surface area contributed by atoms with Crippen LogP contribution in [0.5, 0.6) is 5.75 Å². The SMILES string of the molecule is COC(=O)Nc1c(-c2ccccc2)cc(-c2ccc(OC)cc2)nc1C. The second kappa shape index (κ2) is 7.70. The van der Waals surface area contributed by atoms with E-state index in [4.69, 9.17) is 9.47 Å². The van der Waals surface area contributed by atoms with Gasteiger partial charge in [-0.2, -0.15) is 0 Å². The molecule has 0 aliphatic rings. The van der Waals surface area contributed by atoms with E-state index < -0.39 is 6.09 Å². The lowest BCUT2D eigenvalue weighted by molar-refractivity contribution is 0.187. The lowest BCUT2D eigenvalue weighted by Crippen LogP contribution is -2.13. The number of nitrogens with zero attached hydrogens (tertiary/aromatic N) is 1. The minimum atomic E-state index is -0.524. The summed E-state index contributed by atoms with van der Waals surface area (Å²) in [6.45, 7) is 1.87. The highest BCUT2D eigenvalue weighted by Gasteiger charge is 2.15. The Morgan fingerprint density at radius 1 is 0.962 bits per heavy atom. The van der Waals surface area contributed by atoms with E-state index in [0.717, 1.165) is 28.1 Å². The highest BCUT2D eigenvalue weighted by Crippen LogP contribution is 2.34. The molecule has 1 heterocycles. The first-order chi connectivity index (χ1) is 12.6. The monoisotopic (exact) mass is 348 g/mol. The lowest BCUT2D eigenvalue weighted by atomic mass is 10.00. The summed E-state index contributed by atoms with van der Waals surface area (Å²) in [6.07, 6.45) is -0.524. The Hall–Kier alpha value is -3.34. The number of aromatic nitrogens is 1. The fraction of sp³-hybridized carbons (Fsp3) is 0.143. The number of benzene rings is 2. The van der Waals surface area contributed by atoms with Crippen molar-refractivity contribution in [1.82, 2.24) is 4.98 Å². The van der Waals surface area contributed by atoms with Gasteiger partial charge in [-0.15, -0.1) is 0 Å². The fourth-order valence-electron chi connectivity index (χ4n) is 2.74. The number of carbonyl (C=O) groups is 1. The molecule has 1 N–H and O–H groups in total. The maximum atomic E-state index is 11.8. The third kappa shape index (κ3) is 3.67. The van der Waals surface area contributed by atoms with Crippen molar-refractivity contribution in [3.05, 3.63) is 66.4 Å². The lowest BCUT2D eigenvalue weighted by Gasteiger charge is -2.15. The summed E-state index contributed by atoms with van der Waals surface area (Å²) in [6, 6.07) is 19.5. The highest BCUT2D eigenvalue weighted by molar-refractivity contribution is 5.93. The number of hydrogen-bond donors (Lipinski definition) is 1. The first-order valence-electron chi connectivity index (χ1n) is 8.19. The summed E-state index contributed by atoms with van der Waals surface area (Å²) < 4.78 is 9.96. The predicted octanol–water partition coefficient (Wildman–Crippen LogP) is 4.91. The van der Waals surface area contributed by atoms with Crippen LogP contribution >= 0.6 is 0 Å². The Morgan fingerprint density at radius 3 is 2.27 bits per heavy atom. The number of nitrogens with one attached hydrogen (secondary N) is 1. The molecule has 0 spiro atoms. The summed E-state index contributed by atoms with van der Waals surface area (Å²) in [5, 5.41) is 2.78. The van der Waals surface area contributed by atoms with E-state index in [2.05, 4.69) is 10.3 Å². The van der Waals surface area contributed by atoms with E-state index in [1.807, 2.05) is 67.6 Å². The maximum absolute atomic E-state index is 11.8. The van der Waals surface area contributed by atoms with E-state index >= 15 is 0 Å². The average Bonchev–Trinajstić information content (AvgIpc) is 2.69. The van der Waals surface area contributed by atoms with E-state index in [9.17, 15) is 4.79 Å². The van der Waals surface area contributed by atoms with Gasteiger partial charge in [0.05, 0.1) is 31.3 Å². The molecule has 0 fully saturated rings. The van der Waals surface area contributed by atoms with Gasteiger partial charge in [-0.3, -0.25) is 10.3 Å². The van der Waals surface area contributed by atoms with Gasteiger partial charge in [0.2, 0.25) is 0 Å². The molecule has 0 saturated heterocycles. The zero-order valence-corrected chi connectivity index (χ0v) is 14.9. The zero-order chi connectivity index (χ0) is 18.5. The Labute approximate surface area is 152 Å². The van der Waals surface area contributed by atoms with Crippen LogP contribution in [0.3, 0.4) is 0 Å². The quantitative estimate of drug-likeness (QED) is 0.728. The largest absolute Gasteiger partial charge is 0.497 e. The van der Waals surface area contributed by atoms with Crippen molar-refractivity contribution >= 4 is 11.8 Å². The molecule has 0 aliphatic heterocycles. The predicted molar refractivity (Wildman–Crippen MR) is 102 cm³/mol. The summed E-state index contributed by atoms with van der Waals surface area (Å²) in [7, 11) is 2.98. The molecule has 0 radical (unpaired) electrons. The Balaban J connectivity index is 2.13. The van der Waals surface area contributed by atoms with Crippen LogP contribution in [0.4, 0.5) is 10.5 Å². The van der Waals surface area contributed by atoms with Crippen molar-refractivity contribution in [2.45, 2.75) is 6.92 Å². The van der Waals surface area contributed by atoms with Crippen LogP contribution in [0.1, 0.15) is 5.69 Å². The number of amides is 1. The molecule has 132 valence electrons. The standard InChI is InChI=1S/C21H20N2O3/c1-14-20(23-21(24)26-3)18(15-7-5-4-6-8-15)13-19(22-14)16-9-11-17(25-2)12-10-16/h4-13H,1-3H3,(H,23,24). The Morgan fingerprint density at radius 2 is 1.65 bits per heavy atom. The number of methoxy groups -OCH3 is 2. The molecule has 0 atom stereocenters. The van der Waals surface area contributed by atoms with Gasteiger partial charge in [0, 0.05) is 11.1 Å². The van der Waals surface area contributed by atoms with Gasteiger partial charge in [-0.25, -0.2) is 4.79 Å². The molecular weight excluding hydrogens is 328 g/mol. The van der Waals surface area contributed by atoms with Crippen molar-refractivity contribution < 1.29 is 14.3 Å². The van der Waals surface area contributed by atoms with E-state index in [1.54, 1.807) is 7.11 Å². The Bertz CT molecular complexity index is 907. The second-order valence-electron chi connectivity index (χ2n) is 5.73. The number of aryl methyl sites for hydroxylation is 1. The third-order valence-electron chi connectivity index (χ3n) is 4.08. The summed E-state index contributed by atoms with van der Waals surface area (Å²) in [5.74, 6) is 0.790. The molecule has 3 aromatic rings. The number of pyridine rings is 1. The fourth-order valence-corrected chi connectivity index (χ4v) is 2.74. The topological polar surface area (TPSA) is 60.5 Å². The number of carbonyl (C=O) groups excluding carboxylic acids is 1. The van der Waals surface area contributed by atoms with Gasteiger partial charge in [0.25, 0.3) is 0 Å². The smallest absolute Gasteiger partial charge is 0.411 e. The summed E-state index contributed by atoms with van der Waals surface area (Å²) >= 11 is 0. The van der Waals surface area contributed by atoms with Crippen LogP contribution in [0.25, 0.3) is 22.4 Å². The highest BCUT2D eigenvalue weighted by atomic mass is 16.5. The van der Waals surface area contributed by atoms with E-state index in [-0.39, 0.29) is 0 Å². The van der Waals surface area contributed by atoms with Crippen LogP contribution in [0, 0.1) is 6.92 Å². The molecule has 0 bridgehead atoms. The van der Waals surface area contributed by atoms with Crippen LogP contribution < -0.4 is 10.1 Å². The molecule has 1 aromatic heterocycles. The van der Waals surface area contributed by atoms with E-state index in [0.29, 0.717) is 11.4 Å². The molecule has 2 aromatic carbocycles. The van der Waals surface area contributed by atoms with Crippen LogP contribution in [0.15, 0.2) is 60.7 Å². The minimum Gasteiger partial charge on any atom is -0.497 e. The Kier molecular flexibility index (Phi) is 5.17. The number of ether oxygens (including phenoxy) is 2. The molecular formula is C21H20N2O3. The maximum Gasteiger partial charge on any atom is 0.411 e. The second-order valence-corrected chi connectivity index (χ2v) is 5.73. The van der Waals surface area contributed by atoms with E-state index in [1.165, 1.54) is 7.11 Å². The molecule has 26 heavy (non-hydrogen) atoms. The number of anilines is 1. The minimum absolute atomic E-state index is 0.524. The molecule has 0 saturated carbocycles. The van der Waals surface area contributed by atoms with Crippen molar-refractivity contribution in [2.24, 2.45) is 0 Å². The van der Waals surface area contributed by atoms with Crippen LogP contribution in [-0.4, -0.2) is 25.3 Å². The van der Waals surface area contributed by atoms with Gasteiger partial charge < -0.3 is 9.47 Å². The zero-order valence-electron chi connectivity index (χ0n) is 14.9. The average molecular weight is 348 g/mol. The van der Waals surface area contributed by atoms with Gasteiger partial charge >= 0.3 is 6.09 Å². The van der Waals surface area contributed by atoms with Gasteiger partial charge in [0.15, 0.2) is 0 Å². The van der Waals surface area contributed by atoms with Gasteiger partial charge in [-0.1, -0.05) is 30.3 Å². The molecule has 5 nitrogen and oxygen atoms in total. The number of hydrogen-bond acceptors (Lipinski definition) is 4. The summed E-state index contributed by atoms with van der Waals surface area (Å²) in [4.78, 5) is 16.4. The third-order valence-corrected chi connectivity index (χ3v) is 4.08. The van der Waals surface area contributed by atoms with Crippen LogP contribution in [-0.2, 0) is 4.74 Å². The molecule has 0 unspecified atom stereocenters. The molecule has 0 aliphatic carbocycles. The van der Waals surface area contributed by atoms with Gasteiger partial charge in [0.1, 0.15) is 5.75 Å². The molecule has 3 rings (SSSR count). The number of rotatable bonds is 4. The first kappa shape index (κ1) is 17.5. The van der Waals surface area contributed by atoms with Crippen molar-refractivity contribution in [3.8, 4) is 28.1 Å². The van der Waals surface area contributed by atoms with Gasteiger partial charge in [-0.05, 0) is 42.8 Å². The van der Waals surface area contributed by atoms with Crippen LogP contribution in [0.2, 0.25) is 0 Å². The normalized spacial score (nSPS) is 10.3.